The van der Waals surface area contributed by atoms with Crippen molar-refractivity contribution in [3.8, 4) is 0 Å². The second kappa shape index (κ2) is 4.62. The molecule has 0 aliphatic carbocycles. The second-order valence-corrected chi connectivity index (χ2v) is 3.03. The van der Waals surface area contributed by atoms with Gasteiger partial charge in [0.15, 0.2) is 0 Å². The summed E-state index contributed by atoms with van der Waals surface area (Å²) < 4.78 is 0. The molecule has 0 saturated carbocycles. The summed E-state index contributed by atoms with van der Waals surface area (Å²) in [6.45, 7) is 0. The van der Waals surface area contributed by atoms with Gasteiger partial charge in [-0.05, 0) is 18.4 Å². The maximum absolute atomic E-state index is 10.6. The minimum Gasteiger partial charge on any atom is -0.368 e. The molecule has 1 rings (SSSR count). The van der Waals surface area contributed by atoms with Gasteiger partial charge in [0.1, 0.15) is 0 Å². The molecule has 1 atom stereocenters. The van der Waals surface area contributed by atoms with E-state index >= 15 is 0 Å². The van der Waals surface area contributed by atoms with Crippen LogP contribution in [0.2, 0.25) is 0 Å². The minimum absolute atomic E-state index is 0.434. The molecule has 0 unspecified atom stereocenters. The van der Waals surface area contributed by atoms with Crippen molar-refractivity contribution < 1.29 is 4.79 Å². The lowest BCUT2D eigenvalue weighted by atomic mass is 10.1. The lowest BCUT2D eigenvalue weighted by molar-refractivity contribution is -0.119. The van der Waals surface area contributed by atoms with Crippen LogP contribution in [0.3, 0.4) is 0 Å². The van der Waals surface area contributed by atoms with Crippen LogP contribution in [-0.2, 0) is 11.2 Å². The molecule has 0 bridgehead atoms. The fourth-order valence-corrected chi connectivity index (χ4v) is 1.11. The predicted molar refractivity (Wildman–Crippen MR) is 51.9 cm³/mol. The molecule has 0 aliphatic rings. The van der Waals surface area contributed by atoms with E-state index in [4.69, 9.17) is 11.5 Å². The van der Waals surface area contributed by atoms with Gasteiger partial charge in [-0.15, -0.1) is 0 Å². The van der Waals surface area contributed by atoms with E-state index in [0.29, 0.717) is 6.42 Å². The van der Waals surface area contributed by atoms with E-state index in [1.165, 1.54) is 5.56 Å². The molecule has 0 aliphatic heterocycles. The van der Waals surface area contributed by atoms with Gasteiger partial charge in [0.05, 0.1) is 6.04 Å². The number of carbonyl (C=O) groups is 1. The van der Waals surface area contributed by atoms with Gasteiger partial charge in [0.2, 0.25) is 5.91 Å². The van der Waals surface area contributed by atoms with E-state index in [-0.39, 0.29) is 0 Å². The topological polar surface area (TPSA) is 69.1 Å². The van der Waals surface area contributed by atoms with Gasteiger partial charge >= 0.3 is 0 Å². The Bertz CT molecular complexity index is 272. The third kappa shape index (κ3) is 3.25. The highest BCUT2D eigenvalue weighted by atomic mass is 16.1. The van der Waals surface area contributed by atoms with E-state index in [0.717, 1.165) is 6.42 Å². The van der Waals surface area contributed by atoms with Gasteiger partial charge in [0, 0.05) is 0 Å². The Balaban J connectivity index is 2.39. The molecular weight excluding hydrogens is 164 g/mol. The van der Waals surface area contributed by atoms with Gasteiger partial charge in [-0.2, -0.15) is 0 Å². The standard InChI is InChI=1S/C10H14N2O/c11-9(10(12)13)7-6-8-4-2-1-3-5-8/h1-5,9H,6-7,11H2,(H2,12,13)/t9-/m0/s1. The van der Waals surface area contributed by atoms with Crippen molar-refractivity contribution in [1.29, 1.82) is 0 Å². The molecule has 1 amide bonds. The number of amides is 1. The van der Waals surface area contributed by atoms with Crippen LogP contribution in [0.1, 0.15) is 12.0 Å². The van der Waals surface area contributed by atoms with Crippen molar-refractivity contribution in [2.24, 2.45) is 11.5 Å². The van der Waals surface area contributed by atoms with Crippen LogP contribution in [0.5, 0.6) is 0 Å². The normalized spacial score (nSPS) is 12.4. The van der Waals surface area contributed by atoms with Gasteiger partial charge in [-0.25, -0.2) is 0 Å². The first-order valence-electron chi connectivity index (χ1n) is 4.29. The largest absolute Gasteiger partial charge is 0.368 e. The molecule has 4 N–H and O–H groups in total. The number of hydrogen-bond donors (Lipinski definition) is 2. The highest BCUT2D eigenvalue weighted by molar-refractivity contribution is 5.79. The van der Waals surface area contributed by atoms with Crippen LogP contribution in [0.15, 0.2) is 30.3 Å². The van der Waals surface area contributed by atoms with Gasteiger partial charge < -0.3 is 11.5 Å². The molecule has 0 fully saturated rings. The molecule has 3 heteroatoms. The van der Waals surface area contributed by atoms with Gasteiger partial charge in [0.25, 0.3) is 0 Å². The Morgan fingerprint density at radius 3 is 2.46 bits per heavy atom. The molecule has 1 aromatic rings. The van der Waals surface area contributed by atoms with Crippen molar-refractivity contribution in [3.05, 3.63) is 35.9 Å². The number of nitrogens with two attached hydrogens (primary N) is 2. The quantitative estimate of drug-likeness (QED) is 0.702. The second-order valence-electron chi connectivity index (χ2n) is 3.03. The number of carbonyl (C=O) groups excluding carboxylic acids is 1. The third-order valence-electron chi connectivity index (χ3n) is 1.95. The van der Waals surface area contributed by atoms with E-state index in [1.807, 2.05) is 30.3 Å². The first kappa shape index (κ1) is 9.74. The zero-order chi connectivity index (χ0) is 9.68. The van der Waals surface area contributed by atoms with E-state index in [2.05, 4.69) is 0 Å². The number of rotatable bonds is 4. The number of hydrogen-bond acceptors (Lipinski definition) is 2. The number of primary amides is 1. The lowest BCUT2D eigenvalue weighted by Crippen LogP contribution is -2.36. The number of aryl methyl sites for hydroxylation is 1. The Morgan fingerprint density at radius 2 is 1.92 bits per heavy atom. The molecule has 0 aromatic heterocycles. The summed E-state index contributed by atoms with van der Waals surface area (Å²) in [5.41, 5.74) is 11.7. The zero-order valence-corrected chi connectivity index (χ0v) is 7.44. The molecule has 0 spiro atoms. The Labute approximate surface area is 77.7 Å². The van der Waals surface area contributed by atoms with Crippen LogP contribution in [-0.4, -0.2) is 11.9 Å². The molecule has 0 radical (unpaired) electrons. The third-order valence-corrected chi connectivity index (χ3v) is 1.95. The summed E-state index contributed by atoms with van der Waals surface area (Å²) in [5, 5.41) is 0. The smallest absolute Gasteiger partial charge is 0.234 e. The first-order chi connectivity index (χ1) is 6.20. The summed E-state index contributed by atoms with van der Waals surface area (Å²) in [5.74, 6) is -0.434. The molecular formula is C10H14N2O. The Hall–Kier alpha value is -1.35. The van der Waals surface area contributed by atoms with Crippen molar-refractivity contribution >= 4 is 5.91 Å². The van der Waals surface area contributed by atoms with E-state index in [1.54, 1.807) is 0 Å². The van der Waals surface area contributed by atoms with Crippen LogP contribution in [0.4, 0.5) is 0 Å². The SMILES string of the molecule is NC(=O)[C@@H](N)CCc1ccccc1. The maximum Gasteiger partial charge on any atom is 0.234 e. The zero-order valence-electron chi connectivity index (χ0n) is 7.44. The van der Waals surface area contributed by atoms with Crippen LogP contribution < -0.4 is 11.5 Å². The van der Waals surface area contributed by atoms with E-state index < -0.39 is 11.9 Å². The van der Waals surface area contributed by atoms with Crippen molar-refractivity contribution in [3.63, 3.8) is 0 Å². The summed E-state index contributed by atoms with van der Waals surface area (Å²) in [6.07, 6.45) is 1.41. The highest BCUT2D eigenvalue weighted by Crippen LogP contribution is 2.03. The highest BCUT2D eigenvalue weighted by Gasteiger charge is 2.08. The maximum atomic E-state index is 10.6. The average Bonchev–Trinajstić information content (AvgIpc) is 2.15. The van der Waals surface area contributed by atoms with Gasteiger partial charge in [-0.3, -0.25) is 4.79 Å². The monoisotopic (exact) mass is 178 g/mol. The molecule has 70 valence electrons. The Morgan fingerprint density at radius 1 is 1.31 bits per heavy atom. The van der Waals surface area contributed by atoms with E-state index in [9.17, 15) is 4.79 Å². The first-order valence-corrected chi connectivity index (χ1v) is 4.29. The summed E-state index contributed by atoms with van der Waals surface area (Å²) in [4.78, 5) is 10.6. The lowest BCUT2D eigenvalue weighted by Gasteiger charge is -2.06. The molecule has 1 aromatic carbocycles. The summed E-state index contributed by atoms with van der Waals surface area (Å²) >= 11 is 0. The van der Waals surface area contributed by atoms with Gasteiger partial charge in [-0.1, -0.05) is 30.3 Å². The van der Waals surface area contributed by atoms with Crippen molar-refractivity contribution in [1.82, 2.24) is 0 Å². The summed E-state index contributed by atoms with van der Waals surface area (Å²) in [7, 11) is 0. The minimum atomic E-state index is -0.528. The van der Waals surface area contributed by atoms with Crippen LogP contribution in [0, 0.1) is 0 Å². The fraction of sp³-hybridized carbons (Fsp3) is 0.300. The van der Waals surface area contributed by atoms with Crippen LogP contribution in [0.25, 0.3) is 0 Å². The average molecular weight is 178 g/mol. The van der Waals surface area contributed by atoms with Crippen molar-refractivity contribution in [2.45, 2.75) is 18.9 Å². The van der Waals surface area contributed by atoms with Crippen molar-refractivity contribution in [2.75, 3.05) is 0 Å². The van der Waals surface area contributed by atoms with Crippen LogP contribution >= 0.6 is 0 Å². The fourth-order valence-electron chi connectivity index (χ4n) is 1.11. The molecule has 0 saturated heterocycles. The molecule has 13 heavy (non-hydrogen) atoms. The number of benzene rings is 1. The summed E-state index contributed by atoms with van der Waals surface area (Å²) in [6, 6.07) is 9.37. The molecule has 3 nitrogen and oxygen atoms in total. The Kier molecular flexibility index (Phi) is 3.46. The molecule has 0 heterocycles. The predicted octanol–water partition coefficient (Wildman–Crippen LogP) is 0.432.